The Bertz CT molecular complexity index is 878. The van der Waals surface area contributed by atoms with Crippen molar-refractivity contribution in [3.8, 4) is 0 Å². The molecule has 3 aliphatic heterocycles. The molecule has 33 heavy (non-hydrogen) atoms. The quantitative estimate of drug-likeness (QED) is 0.694. The van der Waals surface area contributed by atoms with E-state index in [4.69, 9.17) is 16.3 Å². The van der Waals surface area contributed by atoms with Crippen molar-refractivity contribution in [1.82, 2.24) is 19.8 Å². The Balaban J connectivity index is 1.25. The molecule has 0 aliphatic carbocycles. The van der Waals surface area contributed by atoms with E-state index in [1.54, 1.807) is 0 Å². The van der Waals surface area contributed by atoms with E-state index in [2.05, 4.69) is 36.8 Å². The van der Waals surface area contributed by atoms with Gasteiger partial charge in [-0.05, 0) is 49.4 Å². The number of ether oxygens (including phenoxy) is 1. The molecule has 1 aromatic heterocycles. The molecule has 2 unspecified atom stereocenters. The summed E-state index contributed by atoms with van der Waals surface area (Å²) in [7, 11) is 0. The van der Waals surface area contributed by atoms with Crippen molar-refractivity contribution in [2.24, 2.45) is 0 Å². The van der Waals surface area contributed by atoms with Gasteiger partial charge < -0.3 is 14.7 Å². The number of aliphatic hydroxyl groups excluding tert-OH is 1. The lowest BCUT2D eigenvalue weighted by Gasteiger charge is -2.47. The van der Waals surface area contributed by atoms with Gasteiger partial charge >= 0.3 is 0 Å². The number of likely N-dealkylation sites (tertiary alicyclic amines) is 1. The SMILES string of the molecule is O[C@H]1CCN(CC2CN(C3CCN(c4ncccn4)CC3)C(Cc3ccc(Cl)cc3)CO2)C1. The van der Waals surface area contributed by atoms with Crippen molar-refractivity contribution in [3.05, 3.63) is 53.3 Å². The molecule has 3 fully saturated rings. The van der Waals surface area contributed by atoms with E-state index in [9.17, 15) is 5.11 Å². The van der Waals surface area contributed by atoms with E-state index in [1.807, 2.05) is 30.6 Å². The fourth-order valence-corrected chi connectivity index (χ4v) is 5.65. The second-order valence-corrected chi connectivity index (χ2v) is 10.0. The standard InChI is InChI=1S/C25H34ClN5O2/c26-20-4-2-19(3-5-20)14-22-18-33-24(16-29-11-8-23(32)15-29)17-31(22)21-6-12-30(13-7-21)25-27-9-1-10-28-25/h1-5,9-10,21-24,32H,6-8,11-18H2/t22?,23-,24?/m0/s1. The Labute approximate surface area is 201 Å². The smallest absolute Gasteiger partial charge is 0.225 e. The summed E-state index contributed by atoms with van der Waals surface area (Å²) >= 11 is 6.11. The van der Waals surface area contributed by atoms with Crippen LogP contribution in [0.25, 0.3) is 0 Å². The van der Waals surface area contributed by atoms with E-state index in [-0.39, 0.29) is 12.2 Å². The lowest BCUT2D eigenvalue weighted by Crippen LogP contribution is -2.58. The summed E-state index contributed by atoms with van der Waals surface area (Å²) in [5.41, 5.74) is 1.30. The largest absolute Gasteiger partial charge is 0.392 e. The number of aromatic nitrogens is 2. The van der Waals surface area contributed by atoms with Gasteiger partial charge in [0.05, 0.1) is 18.8 Å². The Kier molecular flexibility index (Phi) is 7.43. The minimum absolute atomic E-state index is 0.187. The number of benzene rings is 1. The van der Waals surface area contributed by atoms with Gasteiger partial charge in [-0.15, -0.1) is 0 Å². The average Bonchev–Trinajstić information content (AvgIpc) is 3.26. The molecule has 0 saturated carbocycles. The second kappa shape index (κ2) is 10.7. The summed E-state index contributed by atoms with van der Waals surface area (Å²) in [5, 5.41) is 10.7. The number of piperidine rings is 1. The van der Waals surface area contributed by atoms with Gasteiger partial charge in [0.25, 0.3) is 0 Å². The first-order valence-corrected chi connectivity index (χ1v) is 12.6. The molecular formula is C25H34ClN5O2. The van der Waals surface area contributed by atoms with Crippen molar-refractivity contribution >= 4 is 17.5 Å². The number of morpholine rings is 1. The zero-order valence-electron chi connectivity index (χ0n) is 19.1. The minimum Gasteiger partial charge on any atom is -0.392 e. The van der Waals surface area contributed by atoms with E-state index in [1.165, 1.54) is 5.56 Å². The van der Waals surface area contributed by atoms with Crippen LogP contribution in [0.5, 0.6) is 0 Å². The molecule has 0 bridgehead atoms. The third-order valence-corrected chi connectivity index (χ3v) is 7.52. The summed E-state index contributed by atoms with van der Waals surface area (Å²) in [6.45, 7) is 6.26. The normalized spacial score (nSPS) is 27.8. The molecule has 0 amide bonds. The molecule has 0 radical (unpaired) electrons. The number of nitrogens with zero attached hydrogens (tertiary/aromatic N) is 5. The number of aliphatic hydroxyl groups is 1. The molecule has 178 valence electrons. The molecule has 4 heterocycles. The predicted octanol–water partition coefficient (Wildman–Crippen LogP) is 2.48. The van der Waals surface area contributed by atoms with E-state index >= 15 is 0 Å². The van der Waals surface area contributed by atoms with Gasteiger partial charge in [-0.3, -0.25) is 9.80 Å². The molecule has 1 aromatic carbocycles. The fourth-order valence-electron chi connectivity index (χ4n) is 5.52. The van der Waals surface area contributed by atoms with Crippen molar-refractivity contribution in [2.75, 3.05) is 50.8 Å². The van der Waals surface area contributed by atoms with Gasteiger partial charge in [0.15, 0.2) is 0 Å². The average molecular weight is 472 g/mol. The molecule has 8 heteroatoms. The third kappa shape index (κ3) is 5.84. The van der Waals surface area contributed by atoms with Gasteiger partial charge in [-0.25, -0.2) is 9.97 Å². The Morgan fingerprint density at radius 3 is 2.45 bits per heavy atom. The summed E-state index contributed by atoms with van der Waals surface area (Å²) in [6, 6.07) is 11.0. The zero-order valence-corrected chi connectivity index (χ0v) is 19.9. The van der Waals surface area contributed by atoms with E-state index in [0.717, 1.165) is 82.5 Å². The molecule has 7 nitrogen and oxygen atoms in total. The van der Waals surface area contributed by atoms with E-state index in [0.29, 0.717) is 12.1 Å². The van der Waals surface area contributed by atoms with Crippen LogP contribution in [-0.4, -0.2) is 95.0 Å². The van der Waals surface area contributed by atoms with E-state index < -0.39 is 0 Å². The molecule has 0 spiro atoms. The molecule has 3 saturated heterocycles. The van der Waals surface area contributed by atoms with Crippen molar-refractivity contribution in [2.45, 2.75) is 50.0 Å². The number of anilines is 1. The second-order valence-electron chi connectivity index (χ2n) is 9.61. The van der Waals surface area contributed by atoms with Gasteiger partial charge in [0.2, 0.25) is 5.95 Å². The van der Waals surface area contributed by atoms with Gasteiger partial charge in [0.1, 0.15) is 0 Å². The Morgan fingerprint density at radius 1 is 1.00 bits per heavy atom. The number of halogens is 1. The van der Waals surface area contributed by atoms with Crippen LogP contribution < -0.4 is 4.90 Å². The van der Waals surface area contributed by atoms with Gasteiger partial charge in [-0.1, -0.05) is 23.7 Å². The molecule has 3 aliphatic rings. The fraction of sp³-hybridized carbons (Fsp3) is 0.600. The number of hydrogen-bond acceptors (Lipinski definition) is 7. The van der Waals surface area contributed by atoms with Crippen LogP contribution in [-0.2, 0) is 11.2 Å². The zero-order chi connectivity index (χ0) is 22.6. The van der Waals surface area contributed by atoms with Crippen LogP contribution >= 0.6 is 11.6 Å². The number of β-amino-alcohol motifs (C(OH)–C–C–N with tert-alkyl or cyclic N) is 1. The van der Waals surface area contributed by atoms with Crippen LogP contribution in [0.15, 0.2) is 42.7 Å². The maximum atomic E-state index is 9.91. The molecule has 2 aromatic rings. The Hall–Kier alpha value is -1.77. The molecular weight excluding hydrogens is 438 g/mol. The summed E-state index contributed by atoms with van der Waals surface area (Å²) in [6.07, 6.45) is 7.68. The number of hydrogen-bond donors (Lipinski definition) is 1. The third-order valence-electron chi connectivity index (χ3n) is 7.27. The van der Waals surface area contributed by atoms with Crippen molar-refractivity contribution in [3.63, 3.8) is 0 Å². The van der Waals surface area contributed by atoms with Gasteiger partial charge in [-0.2, -0.15) is 0 Å². The van der Waals surface area contributed by atoms with Crippen molar-refractivity contribution in [1.29, 1.82) is 0 Å². The lowest BCUT2D eigenvalue weighted by atomic mass is 9.96. The molecule has 1 N–H and O–H groups in total. The van der Waals surface area contributed by atoms with Crippen LogP contribution in [0.3, 0.4) is 0 Å². The maximum absolute atomic E-state index is 9.91. The summed E-state index contributed by atoms with van der Waals surface area (Å²) < 4.78 is 6.37. The first-order chi connectivity index (χ1) is 16.1. The molecule has 3 atom stereocenters. The van der Waals surface area contributed by atoms with Crippen LogP contribution in [0.4, 0.5) is 5.95 Å². The summed E-state index contributed by atoms with van der Waals surface area (Å²) in [5.74, 6) is 0.834. The molecule has 5 rings (SSSR count). The monoisotopic (exact) mass is 471 g/mol. The highest BCUT2D eigenvalue weighted by Gasteiger charge is 2.37. The Morgan fingerprint density at radius 2 is 1.76 bits per heavy atom. The minimum atomic E-state index is -0.188. The van der Waals surface area contributed by atoms with Crippen molar-refractivity contribution < 1.29 is 9.84 Å². The maximum Gasteiger partial charge on any atom is 0.225 e. The first-order valence-electron chi connectivity index (χ1n) is 12.2. The van der Waals surface area contributed by atoms with Crippen LogP contribution in [0, 0.1) is 0 Å². The predicted molar refractivity (Wildman–Crippen MR) is 130 cm³/mol. The summed E-state index contributed by atoms with van der Waals surface area (Å²) in [4.78, 5) is 16.2. The topological polar surface area (TPSA) is 65.0 Å². The van der Waals surface area contributed by atoms with Gasteiger partial charge in [0, 0.05) is 68.8 Å². The number of rotatable bonds is 6. The van der Waals surface area contributed by atoms with Crippen LogP contribution in [0.1, 0.15) is 24.8 Å². The highest BCUT2D eigenvalue weighted by Crippen LogP contribution is 2.27. The van der Waals surface area contributed by atoms with Crippen LogP contribution in [0.2, 0.25) is 5.02 Å². The lowest BCUT2D eigenvalue weighted by molar-refractivity contribution is -0.0901. The highest BCUT2D eigenvalue weighted by atomic mass is 35.5. The highest BCUT2D eigenvalue weighted by molar-refractivity contribution is 6.30. The first kappa shape index (κ1) is 23.0.